The molecule has 38 heavy (non-hydrogen) atoms. The number of likely N-dealkylation sites (tertiary alicyclic amines) is 1. The molecule has 14 heteroatoms. The Labute approximate surface area is 223 Å². The molecule has 3 aromatic heterocycles. The van der Waals surface area contributed by atoms with Crippen LogP contribution in [0.3, 0.4) is 0 Å². The van der Waals surface area contributed by atoms with Gasteiger partial charge in [-0.1, -0.05) is 18.2 Å². The molecule has 4 N–H and O–H groups in total. The molecule has 0 bridgehead atoms. The van der Waals surface area contributed by atoms with Crippen molar-refractivity contribution < 1.29 is 17.9 Å². The highest BCUT2D eigenvalue weighted by molar-refractivity contribution is 7.90. The van der Waals surface area contributed by atoms with Crippen LogP contribution in [-0.2, 0) is 10.0 Å². The predicted molar refractivity (Wildman–Crippen MR) is 144 cm³/mol. The monoisotopic (exact) mass is 554 g/mol. The van der Waals surface area contributed by atoms with Crippen LogP contribution in [0.4, 0.5) is 21.3 Å². The number of methoxy groups -OCH3 is 1. The molecule has 198 valence electrons. The number of nitrogen functional groups attached to an aromatic ring is 1. The second kappa shape index (κ2) is 9.44. The molecule has 1 aromatic carbocycles. The van der Waals surface area contributed by atoms with E-state index in [1.54, 1.807) is 36.4 Å². The van der Waals surface area contributed by atoms with Crippen LogP contribution in [0, 0.1) is 11.8 Å². The molecular formula is C24H26N8O4S2. The third-order valence-corrected chi connectivity index (χ3v) is 9.49. The first-order valence-corrected chi connectivity index (χ1v) is 14.3. The van der Waals surface area contributed by atoms with E-state index >= 15 is 0 Å². The molecule has 6 rings (SSSR count). The maximum atomic E-state index is 13.2. The fourth-order valence-electron chi connectivity index (χ4n) is 5.44. The number of aromatic nitrogens is 4. The third-order valence-electron chi connectivity index (χ3n) is 7.20. The summed E-state index contributed by atoms with van der Waals surface area (Å²) in [7, 11) is -2.32. The molecule has 0 radical (unpaired) electrons. The number of nitrogens with one attached hydrogen (secondary N) is 2. The van der Waals surface area contributed by atoms with E-state index in [2.05, 4.69) is 25.0 Å². The summed E-state index contributed by atoms with van der Waals surface area (Å²) in [6, 6.07) is 10.2. The standard InChI is InChI=1S/C24H26N8O4S2/c1-36-22-28-23(37-30-22)29-24(33)31-12-14-9-16(10-15(14)13-31)27-20-18-7-8-32(21(18)26-11-19(20)25)38(34,35)17-5-3-2-4-6-17/h2-8,11,14-16H,9-10,12-13,25H2,1H3,(H,26,27)(H,28,29,30,33)/t14-,15?,16+/m0/s1. The molecule has 1 aliphatic heterocycles. The van der Waals surface area contributed by atoms with Gasteiger partial charge >= 0.3 is 12.0 Å². The number of urea groups is 1. The SMILES string of the molecule is COc1nsc(NC(=O)N2CC3C[C@H](Nc4c(N)cnc5c4ccn5S(=O)(=O)c4ccccc4)C[C@H]3C2)n1. The van der Waals surface area contributed by atoms with E-state index in [4.69, 9.17) is 10.5 Å². The maximum Gasteiger partial charge on any atom is 0.329 e. The number of hydrogen-bond acceptors (Lipinski definition) is 10. The minimum absolute atomic E-state index is 0.143. The summed E-state index contributed by atoms with van der Waals surface area (Å²) in [5.41, 5.74) is 7.75. The highest BCUT2D eigenvalue weighted by Crippen LogP contribution is 2.41. The van der Waals surface area contributed by atoms with Crippen LogP contribution in [0.25, 0.3) is 11.0 Å². The summed E-state index contributed by atoms with van der Waals surface area (Å²) < 4.78 is 36.6. The minimum atomic E-state index is -3.80. The lowest BCUT2D eigenvalue weighted by Crippen LogP contribution is -2.34. The molecule has 12 nitrogen and oxygen atoms in total. The molecule has 2 aliphatic rings. The zero-order valence-corrected chi connectivity index (χ0v) is 22.1. The van der Waals surface area contributed by atoms with Crippen molar-refractivity contribution in [2.75, 3.05) is 36.6 Å². The van der Waals surface area contributed by atoms with Crippen molar-refractivity contribution in [3.63, 3.8) is 0 Å². The number of ether oxygens (including phenoxy) is 1. The lowest BCUT2D eigenvalue weighted by molar-refractivity contribution is 0.218. The van der Waals surface area contributed by atoms with Gasteiger partial charge in [0.25, 0.3) is 10.0 Å². The van der Waals surface area contributed by atoms with Crippen molar-refractivity contribution in [2.45, 2.75) is 23.8 Å². The number of nitrogens with zero attached hydrogens (tertiary/aromatic N) is 5. The number of nitrogens with two attached hydrogens (primary N) is 1. The number of carbonyl (C=O) groups is 1. The first-order chi connectivity index (χ1) is 18.3. The molecule has 1 saturated heterocycles. The molecular weight excluding hydrogens is 528 g/mol. The molecule has 3 atom stereocenters. The van der Waals surface area contributed by atoms with Crippen molar-refractivity contribution in [1.82, 2.24) is 23.2 Å². The van der Waals surface area contributed by atoms with Gasteiger partial charge in [0.1, 0.15) is 0 Å². The van der Waals surface area contributed by atoms with Crippen LogP contribution in [-0.4, -0.2) is 63.9 Å². The zero-order valence-electron chi connectivity index (χ0n) is 20.4. The van der Waals surface area contributed by atoms with E-state index in [9.17, 15) is 13.2 Å². The van der Waals surface area contributed by atoms with E-state index in [0.717, 1.165) is 24.4 Å². The van der Waals surface area contributed by atoms with E-state index < -0.39 is 10.0 Å². The third kappa shape index (κ3) is 4.28. The summed E-state index contributed by atoms with van der Waals surface area (Å²) in [4.78, 5) is 23.2. The number of pyridine rings is 1. The fourth-order valence-corrected chi connectivity index (χ4v) is 7.30. The maximum absolute atomic E-state index is 13.2. The Balaban J connectivity index is 1.15. The normalized spacial score (nSPS) is 21.0. The minimum Gasteiger partial charge on any atom is -0.466 e. The average Bonchev–Trinajstić information content (AvgIpc) is 3.69. The van der Waals surface area contributed by atoms with Crippen molar-refractivity contribution >= 4 is 55.1 Å². The Bertz CT molecular complexity index is 1590. The first kappa shape index (κ1) is 24.4. The summed E-state index contributed by atoms with van der Waals surface area (Å²) in [6.07, 6.45) is 4.74. The van der Waals surface area contributed by atoms with Gasteiger partial charge in [-0.15, -0.1) is 4.37 Å². The first-order valence-electron chi connectivity index (χ1n) is 12.1. The van der Waals surface area contributed by atoms with E-state index in [0.29, 0.717) is 52.5 Å². The molecule has 4 aromatic rings. The Morgan fingerprint density at radius 2 is 1.89 bits per heavy atom. The number of carbonyl (C=O) groups excluding carboxylic acids is 1. The van der Waals surface area contributed by atoms with Crippen LogP contribution < -0.4 is 21.1 Å². The van der Waals surface area contributed by atoms with Gasteiger partial charge < -0.3 is 20.7 Å². The van der Waals surface area contributed by atoms with E-state index in [-0.39, 0.29) is 23.0 Å². The summed E-state index contributed by atoms with van der Waals surface area (Å²) in [6.45, 7) is 1.30. The predicted octanol–water partition coefficient (Wildman–Crippen LogP) is 3.07. The Morgan fingerprint density at radius 1 is 1.16 bits per heavy atom. The molecule has 1 unspecified atom stereocenters. The lowest BCUT2D eigenvalue weighted by atomic mass is 10.0. The Morgan fingerprint density at radius 3 is 2.58 bits per heavy atom. The summed E-state index contributed by atoms with van der Waals surface area (Å²) in [5.74, 6) is 0.702. The summed E-state index contributed by atoms with van der Waals surface area (Å²) >= 11 is 1.08. The van der Waals surface area contributed by atoms with E-state index in [1.165, 1.54) is 23.5 Å². The van der Waals surface area contributed by atoms with Crippen molar-refractivity contribution in [1.29, 1.82) is 0 Å². The summed E-state index contributed by atoms with van der Waals surface area (Å²) in [5, 5.41) is 7.40. The molecule has 2 amide bonds. The highest BCUT2D eigenvalue weighted by Gasteiger charge is 2.42. The quantitative estimate of drug-likeness (QED) is 0.326. The van der Waals surface area contributed by atoms with Crippen LogP contribution in [0.2, 0.25) is 0 Å². The Hall–Kier alpha value is -3.91. The molecule has 2 fully saturated rings. The van der Waals surface area contributed by atoms with Crippen LogP contribution >= 0.6 is 11.5 Å². The zero-order chi connectivity index (χ0) is 26.4. The van der Waals surface area contributed by atoms with Gasteiger partial charge in [0.05, 0.1) is 29.6 Å². The second-order valence-electron chi connectivity index (χ2n) is 9.51. The fraction of sp³-hybridized carbons (Fsp3) is 0.333. The van der Waals surface area contributed by atoms with Gasteiger partial charge in [-0.2, -0.15) is 4.98 Å². The van der Waals surface area contributed by atoms with E-state index in [1.807, 2.05) is 4.90 Å². The van der Waals surface area contributed by atoms with Gasteiger partial charge in [-0.25, -0.2) is 22.2 Å². The highest BCUT2D eigenvalue weighted by atomic mass is 32.2. The molecule has 0 spiro atoms. The smallest absolute Gasteiger partial charge is 0.329 e. The topological polar surface area (TPSA) is 157 Å². The number of fused-ring (bicyclic) bond motifs is 2. The van der Waals surface area contributed by atoms with Gasteiger partial charge in [-0.05, 0) is 42.9 Å². The molecule has 1 saturated carbocycles. The number of hydrogen-bond donors (Lipinski definition) is 3. The largest absolute Gasteiger partial charge is 0.466 e. The second-order valence-corrected chi connectivity index (χ2v) is 12.1. The average molecular weight is 555 g/mol. The Kier molecular flexibility index (Phi) is 6.07. The molecule has 4 heterocycles. The van der Waals surface area contributed by atoms with Crippen LogP contribution in [0.15, 0.2) is 53.7 Å². The van der Waals surface area contributed by atoms with Crippen molar-refractivity contribution in [2.24, 2.45) is 11.8 Å². The number of benzene rings is 1. The number of anilines is 3. The van der Waals surface area contributed by atoms with Gasteiger partial charge in [0.15, 0.2) is 5.65 Å². The molecule has 1 aliphatic carbocycles. The van der Waals surface area contributed by atoms with Gasteiger partial charge in [-0.3, -0.25) is 5.32 Å². The number of rotatable bonds is 6. The van der Waals surface area contributed by atoms with Gasteiger partial charge in [0.2, 0.25) is 5.13 Å². The number of amides is 2. The van der Waals surface area contributed by atoms with Gasteiger partial charge in [0, 0.05) is 42.2 Å². The van der Waals surface area contributed by atoms with Crippen molar-refractivity contribution in [3.8, 4) is 6.01 Å². The van der Waals surface area contributed by atoms with Crippen LogP contribution in [0.1, 0.15) is 12.8 Å². The van der Waals surface area contributed by atoms with Crippen LogP contribution in [0.5, 0.6) is 6.01 Å². The lowest BCUT2D eigenvalue weighted by Gasteiger charge is -2.21. The van der Waals surface area contributed by atoms with Crippen molar-refractivity contribution in [3.05, 3.63) is 48.8 Å².